The van der Waals surface area contributed by atoms with E-state index in [1.165, 1.54) is 28.5 Å². The Balaban J connectivity index is 4.12. The number of allylic oxidation sites excluding steroid dienone is 6. The van der Waals surface area contributed by atoms with Gasteiger partial charge < -0.3 is 10.4 Å². The van der Waals surface area contributed by atoms with Crippen LogP contribution in [-0.4, -0.2) is 46.0 Å². The number of nitrogens with zero attached hydrogens (tertiary/aromatic N) is 1. The standard InChI is InChI=1S/C22H36N2O5S/c1-17(2)8-5-9-18(3)10-6-11-19(4)12-7-15-30-16-20(22(26)27)23-21(25)13-14-24(28)29/h8,10,12,20H,5-7,9,11,13-16H2,1-4H3,(H,23,25)(H,26,27)/b18-10+,19-12+/t20-/m0/s1. The largest absolute Gasteiger partial charge is 0.480 e. The van der Waals surface area contributed by atoms with E-state index in [1.807, 2.05) is 0 Å². The molecule has 1 amide bonds. The van der Waals surface area contributed by atoms with E-state index in [4.69, 9.17) is 0 Å². The number of carbonyl (C=O) groups is 2. The molecule has 0 saturated heterocycles. The van der Waals surface area contributed by atoms with E-state index < -0.39 is 29.4 Å². The molecule has 0 radical (unpaired) electrons. The summed E-state index contributed by atoms with van der Waals surface area (Å²) in [6.07, 6.45) is 11.5. The molecule has 8 heteroatoms. The molecule has 0 aliphatic heterocycles. The highest BCUT2D eigenvalue weighted by Gasteiger charge is 2.20. The number of rotatable bonds is 16. The van der Waals surface area contributed by atoms with Crippen LogP contribution in [0.1, 0.15) is 66.2 Å². The summed E-state index contributed by atoms with van der Waals surface area (Å²) in [5, 5.41) is 21.8. The van der Waals surface area contributed by atoms with Gasteiger partial charge in [0.25, 0.3) is 0 Å². The van der Waals surface area contributed by atoms with E-state index in [-0.39, 0.29) is 12.2 Å². The highest BCUT2D eigenvalue weighted by atomic mass is 32.2. The maximum absolute atomic E-state index is 11.6. The third-order valence-corrected chi connectivity index (χ3v) is 5.41. The summed E-state index contributed by atoms with van der Waals surface area (Å²) < 4.78 is 0. The highest BCUT2D eigenvalue weighted by Crippen LogP contribution is 2.13. The molecule has 7 nitrogen and oxygen atoms in total. The minimum Gasteiger partial charge on any atom is -0.480 e. The number of hydrogen-bond acceptors (Lipinski definition) is 5. The number of hydrogen-bond donors (Lipinski definition) is 2. The Morgan fingerprint density at radius 1 is 1.00 bits per heavy atom. The van der Waals surface area contributed by atoms with Crippen LogP contribution in [0.3, 0.4) is 0 Å². The summed E-state index contributed by atoms with van der Waals surface area (Å²) in [6.45, 7) is 8.00. The maximum atomic E-state index is 11.6. The summed E-state index contributed by atoms with van der Waals surface area (Å²) in [4.78, 5) is 32.5. The van der Waals surface area contributed by atoms with Gasteiger partial charge >= 0.3 is 5.97 Å². The van der Waals surface area contributed by atoms with E-state index in [0.29, 0.717) is 0 Å². The van der Waals surface area contributed by atoms with Crippen molar-refractivity contribution in [2.45, 2.75) is 72.3 Å². The van der Waals surface area contributed by atoms with Crippen molar-refractivity contribution >= 4 is 23.6 Å². The van der Waals surface area contributed by atoms with Crippen LogP contribution >= 0.6 is 11.8 Å². The fraction of sp³-hybridized carbons (Fsp3) is 0.636. The monoisotopic (exact) mass is 440 g/mol. The molecule has 0 bridgehead atoms. The topological polar surface area (TPSA) is 110 Å². The van der Waals surface area contributed by atoms with Crippen molar-refractivity contribution in [3.05, 3.63) is 45.1 Å². The van der Waals surface area contributed by atoms with Crippen LogP contribution in [0.4, 0.5) is 0 Å². The van der Waals surface area contributed by atoms with Gasteiger partial charge in [0.05, 0.1) is 6.42 Å². The molecular weight excluding hydrogens is 404 g/mol. The summed E-state index contributed by atoms with van der Waals surface area (Å²) >= 11 is 1.45. The molecular formula is C22H36N2O5S. The summed E-state index contributed by atoms with van der Waals surface area (Å²) in [7, 11) is 0. The predicted octanol–water partition coefficient (Wildman–Crippen LogP) is 4.77. The molecule has 30 heavy (non-hydrogen) atoms. The van der Waals surface area contributed by atoms with Crippen molar-refractivity contribution in [3.8, 4) is 0 Å². The Bertz CT molecular complexity index is 652. The van der Waals surface area contributed by atoms with Crippen molar-refractivity contribution in [2.24, 2.45) is 0 Å². The highest BCUT2D eigenvalue weighted by molar-refractivity contribution is 7.99. The molecule has 0 aliphatic carbocycles. The van der Waals surface area contributed by atoms with E-state index in [1.54, 1.807) is 0 Å². The van der Waals surface area contributed by atoms with Crippen molar-refractivity contribution in [1.82, 2.24) is 5.32 Å². The third-order valence-electron chi connectivity index (χ3n) is 4.32. The summed E-state index contributed by atoms with van der Waals surface area (Å²) in [6, 6.07) is -1.03. The zero-order valence-electron chi connectivity index (χ0n) is 18.6. The first kappa shape index (κ1) is 27.9. The first-order valence-corrected chi connectivity index (χ1v) is 11.4. The Morgan fingerprint density at radius 2 is 1.57 bits per heavy atom. The van der Waals surface area contributed by atoms with Crippen LogP contribution in [0.5, 0.6) is 0 Å². The number of nitrogens with one attached hydrogen (secondary N) is 1. The quantitative estimate of drug-likeness (QED) is 0.155. The lowest BCUT2D eigenvalue weighted by Gasteiger charge is -2.13. The van der Waals surface area contributed by atoms with Gasteiger partial charge in [0.1, 0.15) is 6.04 Å². The number of carboxylic acids is 1. The van der Waals surface area contributed by atoms with Gasteiger partial charge in [-0.25, -0.2) is 4.79 Å². The van der Waals surface area contributed by atoms with Gasteiger partial charge in [0.15, 0.2) is 0 Å². The molecule has 0 aromatic heterocycles. The molecule has 0 aromatic rings. The van der Waals surface area contributed by atoms with Crippen LogP contribution in [0.15, 0.2) is 34.9 Å². The minimum atomic E-state index is -1.13. The Labute approximate surface area is 184 Å². The predicted molar refractivity (Wildman–Crippen MR) is 123 cm³/mol. The Hall–Kier alpha value is -2.09. The van der Waals surface area contributed by atoms with Gasteiger partial charge in [-0.2, -0.15) is 11.8 Å². The average Bonchev–Trinajstić information content (AvgIpc) is 2.64. The second-order valence-electron chi connectivity index (χ2n) is 7.59. The lowest BCUT2D eigenvalue weighted by Crippen LogP contribution is -2.43. The first-order valence-electron chi connectivity index (χ1n) is 10.3. The van der Waals surface area contributed by atoms with Gasteiger partial charge in [-0.15, -0.1) is 0 Å². The minimum absolute atomic E-state index is 0.236. The maximum Gasteiger partial charge on any atom is 0.327 e. The van der Waals surface area contributed by atoms with Crippen molar-refractivity contribution in [3.63, 3.8) is 0 Å². The number of carbonyl (C=O) groups excluding carboxylic acids is 1. The summed E-state index contributed by atoms with van der Waals surface area (Å²) in [5.74, 6) is -0.751. The SMILES string of the molecule is CC(C)=CCC/C(C)=C/CC/C(C)=C/CCSC[C@H](NC(=O)CC[N+](=O)[O-])C(=O)O. The first-order chi connectivity index (χ1) is 14.1. The van der Waals surface area contributed by atoms with Crippen molar-refractivity contribution in [1.29, 1.82) is 0 Å². The second kappa shape index (κ2) is 16.7. The molecule has 0 rings (SSSR count). The number of nitro groups is 1. The normalized spacial score (nSPS) is 12.9. The van der Waals surface area contributed by atoms with E-state index >= 15 is 0 Å². The Kier molecular flexibility index (Phi) is 15.5. The smallest absolute Gasteiger partial charge is 0.327 e. The van der Waals surface area contributed by atoms with Crippen LogP contribution in [0, 0.1) is 10.1 Å². The van der Waals surface area contributed by atoms with Gasteiger partial charge in [-0.3, -0.25) is 14.9 Å². The fourth-order valence-corrected chi connectivity index (χ4v) is 3.48. The van der Waals surface area contributed by atoms with E-state index in [2.05, 4.69) is 51.2 Å². The number of carboxylic acid groups (broad SMARTS) is 1. The van der Waals surface area contributed by atoms with Crippen molar-refractivity contribution in [2.75, 3.05) is 18.1 Å². The number of aliphatic carboxylic acids is 1. The zero-order valence-corrected chi connectivity index (χ0v) is 19.4. The third kappa shape index (κ3) is 16.8. The fourth-order valence-electron chi connectivity index (χ4n) is 2.56. The van der Waals surface area contributed by atoms with Crippen LogP contribution in [0.25, 0.3) is 0 Å². The molecule has 0 fully saturated rings. The average molecular weight is 441 g/mol. The zero-order chi connectivity index (χ0) is 22.9. The molecule has 0 spiro atoms. The molecule has 0 aromatic carbocycles. The molecule has 2 N–H and O–H groups in total. The molecule has 0 unspecified atom stereocenters. The molecule has 170 valence electrons. The number of thioether (sulfide) groups is 1. The lowest BCUT2D eigenvalue weighted by atomic mass is 10.1. The van der Waals surface area contributed by atoms with E-state index in [0.717, 1.165) is 37.9 Å². The van der Waals surface area contributed by atoms with Crippen LogP contribution < -0.4 is 5.32 Å². The molecule has 0 saturated carbocycles. The van der Waals surface area contributed by atoms with Crippen LogP contribution in [0.2, 0.25) is 0 Å². The molecule has 0 aliphatic rings. The van der Waals surface area contributed by atoms with Gasteiger partial charge in [0, 0.05) is 10.7 Å². The van der Waals surface area contributed by atoms with Crippen LogP contribution in [-0.2, 0) is 9.59 Å². The summed E-state index contributed by atoms with van der Waals surface area (Å²) in [5.41, 5.74) is 4.08. The second-order valence-corrected chi connectivity index (χ2v) is 8.74. The van der Waals surface area contributed by atoms with Gasteiger partial charge in [0.2, 0.25) is 12.5 Å². The molecule has 1 atom stereocenters. The number of amides is 1. The van der Waals surface area contributed by atoms with Gasteiger partial charge in [-0.05, 0) is 65.6 Å². The van der Waals surface area contributed by atoms with Gasteiger partial charge in [-0.1, -0.05) is 34.9 Å². The van der Waals surface area contributed by atoms with E-state index in [9.17, 15) is 24.8 Å². The van der Waals surface area contributed by atoms with Crippen molar-refractivity contribution < 1.29 is 19.6 Å². The lowest BCUT2D eigenvalue weighted by molar-refractivity contribution is -0.478. The molecule has 0 heterocycles. The Morgan fingerprint density at radius 3 is 2.10 bits per heavy atom.